The van der Waals surface area contributed by atoms with Crippen LogP contribution in [0.1, 0.15) is 6.92 Å². The van der Waals surface area contributed by atoms with E-state index in [4.69, 9.17) is 4.74 Å². The first-order valence-electron chi connectivity index (χ1n) is 2.58. The van der Waals surface area contributed by atoms with E-state index < -0.39 is 0 Å². The summed E-state index contributed by atoms with van der Waals surface area (Å²) >= 11 is 0. The van der Waals surface area contributed by atoms with Gasteiger partial charge in [0.1, 0.15) is 12.5 Å². The predicted octanol–water partition coefficient (Wildman–Crippen LogP) is 0.397. The van der Waals surface area contributed by atoms with Crippen molar-refractivity contribution in [2.75, 3.05) is 13.7 Å². The molecule has 0 heterocycles. The summed E-state index contributed by atoms with van der Waals surface area (Å²) in [5.74, 6) is -0.367. The first-order valence-corrected chi connectivity index (χ1v) is 3.25. The van der Waals surface area contributed by atoms with Gasteiger partial charge in [0.2, 0.25) is 0 Å². The number of carbonyl (C=O) groups excluding carboxylic acids is 1. The van der Waals surface area contributed by atoms with Gasteiger partial charge < -0.3 is 9.47 Å². The summed E-state index contributed by atoms with van der Waals surface area (Å²) in [7, 11) is 3.96. The van der Waals surface area contributed by atoms with Crippen LogP contribution in [0.15, 0.2) is 0 Å². The first kappa shape index (κ1) is 8.86. The van der Waals surface area contributed by atoms with Gasteiger partial charge in [-0.3, -0.25) is 4.79 Å². The highest BCUT2D eigenvalue weighted by atomic mass is 31.0. The molecule has 0 saturated heterocycles. The van der Waals surface area contributed by atoms with E-state index in [1.807, 2.05) is 0 Å². The standard InChI is InChI=1S/C5H11O3P/c1-4(6)8-3-5(9)7-2/h5H,3,9H2,1-2H3. The van der Waals surface area contributed by atoms with Crippen LogP contribution in [0.5, 0.6) is 0 Å². The van der Waals surface area contributed by atoms with Crippen molar-refractivity contribution in [3.05, 3.63) is 0 Å². The Morgan fingerprint density at radius 2 is 2.33 bits per heavy atom. The van der Waals surface area contributed by atoms with Crippen molar-refractivity contribution in [3.63, 3.8) is 0 Å². The van der Waals surface area contributed by atoms with E-state index in [0.29, 0.717) is 6.61 Å². The minimum Gasteiger partial charge on any atom is -0.463 e. The van der Waals surface area contributed by atoms with Crippen LogP contribution in [-0.4, -0.2) is 25.5 Å². The number of rotatable bonds is 3. The molecule has 0 amide bonds. The molecule has 0 fully saturated rings. The second-order valence-corrected chi connectivity index (χ2v) is 2.32. The van der Waals surface area contributed by atoms with E-state index in [9.17, 15) is 4.79 Å². The number of hydrogen-bond donors (Lipinski definition) is 0. The molecule has 0 aliphatic rings. The van der Waals surface area contributed by atoms with Crippen LogP contribution in [0.4, 0.5) is 0 Å². The molecule has 0 aromatic carbocycles. The van der Waals surface area contributed by atoms with E-state index in [-0.39, 0.29) is 11.8 Å². The fourth-order valence-electron chi connectivity index (χ4n) is 0.268. The molecule has 4 heteroatoms. The lowest BCUT2D eigenvalue weighted by molar-refractivity contribution is -0.142. The Hall–Kier alpha value is -0.140. The average molecular weight is 150 g/mol. The van der Waals surface area contributed by atoms with Gasteiger partial charge in [-0.15, -0.1) is 9.24 Å². The summed E-state index contributed by atoms with van der Waals surface area (Å²) in [4.78, 5) is 10.2. The van der Waals surface area contributed by atoms with Gasteiger partial charge in [0.05, 0.1) is 0 Å². The maximum absolute atomic E-state index is 10.2. The Kier molecular flexibility index (Phi) is 4.64. The average Bonchev–Trinajstić information content (AvgIpc) is 1.83. The highest BCUT2D eigenvalue weighted by Crippen LogP contribution is 1.99. The van der Waals surface area contributed by atoms with Crippen LogP contribution >= 0.6 is 9.24 Å². The highest BCUT2D eigenvalue weighted by molar-refractivity contribution is 7.17. The molecule has 0 aliphatic carbocycles. The zero-order chi connectivity index (χ0) is 7.28. The molecule has 2 unspecified atom stereocenters. The third-order valence-corrected chi connectivity index (χ3v) is 1.22. The molecule has 0 N–H and O–H groups in total. The largest absolute Gasteiger partial charge is 0.463 e. The smallest absolute Gasteiger partial charge is 0.302 e. The summed E-state index contributed by atoms with van der Waals surface area (Å²) in [5.41, 5.74) is 0. The van der Waals surface area contributed by atoms with Crippen molar-refractivity contribution in [2.45, 2.75) is 12.8 Å². The van der Waals surface area contributed by atoms with Gasteiger partial charge in [-0.1, -0.05) is 0 Å². The summed E-state index contributed by atoms with van der Waals surface area (Å²) < 4.78 is 9.40. The van der Waals surface area contributed by atoms with Crippen molar-refractivity contribution >= 4 is 15.2 Å². The first-order chi connectivity index (χ1) is 4.16. The Balaban J connectivity index is 3.16. The fourth-order valence-corrected chi connectivity index (χ4v) is 0.364. The van der Waals surface area contributed by atoms with E-state index in [2.05, 4.69) is 14.0 Å². The zero-order valence-electron chi connectivity index (χ0n) is 5.59. The van der Waals surface area contributed by atoms with Gasteiger partial charge >= 0.3 is 5.97 Å². The molecular weight excluding hydrogens is 139 g/mol. The monoisotopic (exact) mass is 150 g/mol. The van der Waals surface area contributed by atoms with Crippen LogP contribution < -0.4 is 0 Å². The number of methoxy groups -OCH3 is 1. The molecule has 0 saturated carbocycles. The minimum absolute atomic E-state index is 0.0890. The predicted molar refractivity (Wildman–Crippen MR) is 37.1 cm³/mol. The normalized spacial score (nSPS) is 12.8. The molecule has 2 atom stereocenters. The van der Waals surface area contributed by atoms with Gasteiger partial charge in [-0.05, 0) is 0 Å². The molecule has 0 radical (unpaired) electrons. The number of carbonyl (C=O) groups is 1. The van der Waals surface area contributed by atoms with Gasteiger partial charge in [-0.25, -0.2) is 0 Å². The Morgan fingerprint density at radius 3 is 2.67 bits per heavy atom. The molecule has 0 spiro atoms. The lowest BCUT2D eigenvalue weighted by atomic mass is 10.7. The maximum atomic E-state index is 10.2. The molecule has 0 rings (SSSR count). The second kappa shape index (κ2) is 4.71. The lowest BCUT2D eigenvalue weighted by Gasteiger charge is -2.07. The van der Waals surface area contributed by atoms with Gasteiger partial charge in [0.25, 0.3) is 0 Å². The molecule has 3 nitrogen and oxygen atoms in total. The third kappa shape index (κ3) is 5.74. The van der Waals surface area contributed by atoms with Crippen LogP contribution in [-0.2, 0) is 14.3 Å². The zero-order valence-corrected chi connectivity index (χ0v) is 6.74. The minimum atomic E-state index is -0.278. The molecule has 0 aromatic rings. The Bertz CT molecular complexity index is 94.2. The van der Waals surface area contributed by atoms with Crippen molar-refractivity contribution in [3.8, 4) is 0 Å². The SMILES string of the molecule is COC(P)COC(C)=O. The van der Waals surface area contributed by atoms with Crippen LogP contribution in [0.2, 0.25) is 0 Å². The molecular formula is C5H11O3P. The Morgan fingerprint density at radius 1 is 1.78 bits per heavy atom. The fraction of sp³-hybridized carbons (Fsp3) is 0.800. The van der Waals surface area contributed by atoms with Crippen molar-refractivity contribution < 1.29 is 14.3 Å². The molecule has 0 aromatic heterocycles. The summed E-state index contributed by atoms with van der Waals surface area (Å²) in [6, 6.07) is 0. The van der Waals surface area contributed by atoms with Crippen molar-refractivity contribution in [1.82, 2.24) is 0 Å². The number of esters is 1. The lowest BCUT2D eigenvalue weighted by Crippen LogP contribution is -2.12. The van der Waals surface area contributed by atoms with Crippen LogP contribution in [0, 0.1) is 0 Å². The van der Waals surface area contributed by atoms with Gasteiger partial charge in [0.15, 0.2) is 0 Å². The topological polar surface area (TPSA) is 35.5 Å². The van der Waals surface area contributed by atoms with Crippen molar-refractivity contribution in [1.29, 1.82) is 0 Å². The van der Waals surface area contributed by atoms with Crippen LogP contribution in [0.3, 0.4) is 0 Å². The van der Waals surface area contributed by atoms with E-state index in [0.717, 1.165) is 0 Å². The van der Waals surface area contributed by atoms with Crippen molar-refractivity contribution in [2.24, 2.45) is 0 Å². The number of ether oxygens (including phenoxy) is 2. The quantitative estimate of drug-likeness (QED) is 0.431. The second-order valence-electron chi connectivity index (χ2n) is 1.58. The van der Waals surface area contributed by atoms with Gasteiger partial charge in [-0.2, -0.15) is 0 Å². The highest BCUT2D eigenvalue weighted by Gasteiger charge is 1.99. The molecule has 0 aliphatic heterocycles. The van der Waals surface area contributed by atoms with E-state index >= 15 is 0 Å². The number of hydrogen-bond acceptors (Lipinski definition) is 3. The summed E-state index contributed by atoms with van der Waals surface area (Å²) in [5, 5.41) is 0. The summed E-state index contributed by atoms with van der Waals surface area (Å²) in [6.07, 6.45) is 0. The molecule has 54 valence electrons. The van der Waals surface area contributed by atoms with Gasteiger partial charge in [0, 0.05) is 14.0 Å². The van der Waals surface area contributed by atoms with Crippen LogP contribution in [0.25, 0.3) is 0 Å². The Labute approximate surface area is 56.9 Å². The summed E-state index contributed by atoms with van der Waals surface area (Å²) in [6.45, 7) is 1.67. The third-order valence-electron chi connectivity index (χ3n) is 0.754. The van der Waals surface area contributed by atoms with E-state index in [1.54, 1.807) is 7.11 Å². The maximum Gasteiger partial charge on any atom is 0.302 e. The molecule has 9 heavy (non-hydrogen) atoms. The van der Waals surface area contributed by atoms with E-state index in [1.165, 1.54) is 6.92 Å². The molecule has 0 bridgehead atoms.